The largest absolute Gasteiger partial charge is 0.444 e. The van der Waals surface area contributed by atoms with Crippen LogP contribution in [-0.4, -0.2) is 92.3 Å². The van der Waals surface area contributed by atoms with E-state index < -0.39 is 5.60 Å². The van der Waals surface area contributed by atoms with E-state index in [4.69, 9.17) is 4.74 Å². The fraction of sp³-hybridized carbons (Fsp3) is 0.875. The predicted molar refractivity (Wildman–Crippen MR) is 102 cm³/mol. The number of aliphatic imine (C=N–C) groups is 1. The van der Waals surface area contributed by atoms with Crippen LogP contribution >= 0.6 is 11.8 Å². The van der Waals surface area contributed by atoms with Gasteiger partial charge in [0.1, 0.15) is 5.60 Å². The maximum atomic E-state index is 12.0. The third-order valence-corrected chi connectivity index (χ3v) is 4.18. The number of ether oxygens (including phenoxy) is 1. The van der Waals surface area contributed by atoms with Crippen molar-refractivity contribution in [2.45, 2.75) is 26.4 Å². The summed E-state index contributed by atoms with van der Waals surface area (Å²) >= 11 is 1.81. The number of amides is 1. The lowest BCUT2D eigenvalue weighted by atomic mass is 10.2. The molecule has 0 aliphatic carbocycles. The molecule has 1 heterocycles. The van der Waals surface area contributed by atoms with Crippen LogP contribution in [0.5, 0.6) is 0 Å². The van der Waals surface area contributed by atoms with E-state index >= 15 is 0 Å². The van der Waals surface area contributed by atoms with Crippen LogP contribution in [0.2, 0.25) is 0 Å². The van der Waals surface area contributed by atoms with Crippen LogP contribution in [0.15, 0.2) is 4.99 Å². The molecule has 24 heavy (non-hydrogen) atoms. The molecule has 8 heteroatoms. The SMILES string of the molecule is CN=C(NCCSC)NCCN1CCN(C(=O)OC(C)(C)C)CC1. The first-order chi connectivity index (χ1) is 11.4. The zero-order valence-corrected chi connectivity index (χ0v) is 16.5. The van der Waals surface area contributed by atoms with Crippen LogP contribution in [-0.2, 0) is 4.74 Å². The molecule has 1 rings (SSSR count). The molecule has 1 fully saturated rings. The van der Waals surface area contributed by atoms with Crippen LogP contribution < -0.4 is 10.6 Å². The molecule has 2 N–H and O–H groups in total. The lowest BCUT2D eigenvalue weighted by Gasteiger charge is -2.35. The predicted octanol–water partition coefficient (Wildman–Crippen LogP) is 1.07. The molecule has 0 atom stereocenters. The summed E-state index contributed by atoms with van der Waals surface area (Å²) in [6, 6.07) is 0. The summed E-state index contributed by atoms with van der Waals surface area (Å²) in [5.41, 5.74) is -0.433. The first-order valence-electron chi connectivity index (χ1n) is 8.49. The van der Waals surface area contributed by atoms with Gasteiger partial charge in [0.05, 0.1) is 0 Å². The molecule has 1 saturated heterocycles. The smallest absolute Gasteiger partial charge is 0.410 e. The summed E-state index contributed by atoms with van der Waals surface area (Å²) in [7, 11) is 1.79. The summed E-state index contributed by atoms with van der Waals surface area (Å²) in [6.45, 7) is 11.6. The summed E-state index contributed by atoms with van der Waals surface area (Å²) in [6.07, 6.45) is 1.88. The summed E-state index contributed by atoms with van der Waals surface area (Å²) in [4.78, 5) is 20.4. The molecule has 0 radical (unpaired) electrons. The van der Waals surface area contributed by atoms with E-state index in [1.807, 2.05) is 32.5 Å². The zero-order chi connectivity index (χ0) is 18.0. The van der Waals surface area contributed by atoms with Gasteiger partial charge in [-0.2, -0.15) is 11.8 Å². The fourth-order valence-corrected chi connectivity index (χ4v) is 2.61. The van der Waals surface area contributed by atoms with Crippen molar-refractivity contribution in [2.75, 3.05) is 64.9 Å². The number of carbonyl (C=O) groups excluding carboxylic acids is 1. The van der Waals surface area contributed by atoms with Gasteiger partial charge in [-0.3, -0.25) is 9.89 Å². The van der Waals surface area contributed by atoms with Crippen molar-refractivity contribution in [1.29, 1.82) is 0 Å². The van der Waals surface area contributed by atoms with E-state index in [1.54, 1.807) is 11.9 Å². The molecule has 0 spiro atoms. The maximum absolute atomic E-state index is 12.0. The standard InChI is InChI=1S/C16H33N5O2S/c1-16(2,3)23-15(22)21-11-9-20(10-12-21)8-6-18-14(17-4)19-7-13-24-5/h6-13H2,1-5H3,(H2,17,18,19). The molecule has 1 amide bonds. The quantitative estimate of drug-likeness (QED) is 0.420. The Bertz CT molecular complexity index is 404. The number of carbonyl (C=O) groups is 1. The van der Waals surface area contributed by atoms with Crippen LogP contribution in [0.4, 0.5) is 4.79 Å². The number of rotatable bonds is 6. The third kappa shape index (κ3) is 8.63. The Morgan fingerprint density at radius 2 is 1.79 bits per heavy atom. The van der Waals surface area contributed by atoms with Crippen LogP contribution in [0.25, 0.3) is 0 Å². The lowest BCUT2D eigenvalue weighted by molar-refractivity contribution is 0.0147. The Kier molecular flexibility index (Phi) is 9.28. The fourth-order valence-electron chi connectivity index (χ4n) is 2.31. The van der Waals surface area contributed by atoms with Gasteiger partial charge in [0, 0.05) is 58.6 Å². The summed E-state index contributed by atoms with van der Waals surface area (Å²) < 4.78 is 5.42. The van der Waals surface area contributed by atoms with Gasteiger partial charge in [-0.05, 0) is 27.0 Å². The Morgan fingerprint density at radius 3 is 2.33 bits per heavy atom. The minimum absolute atomic E-state index is 0.210. The van der Waals surface area contributed by atoms with Crippen molar-refractivity contribution in [3.63, 3.8) is 0 Å². The van der Waals surface area contributed by atoms with E-state index in [-0.39, 0.29) is 6.09 Å². The normalized spacial score (nSPS) is 16.9. The van der Waals surface area contributed by atoms with E-state index in [1.165, 1.54) is 0 Å². The van der Waals surface area contributed by atoms with Gasteiger partial charge < -0.3 is 20.3 Å². The highest BCUT2D eigenvalue weighted by Crippen LogP contribution is 2.11. The Hall–Kier alpha value is -1.15. The van der Waals surface area contributed by atoms with Gasteiger partial charge in [0.2, 0.25) is 0 Å². The minimum Gasteiger partial charge on any atom is -0.444 e. The Balaban J connectivity index is 2.21. The van der Waals surface area contributed by atoms with Crippen LogP contribution in [0.1, 0.15) is 20.8 Å². The van der Waals surface area contributed by atoms with E-state index in [0.717, 1.165) is 57.5 Å². The number of hydrogen-bond acceptors (Lipinski definition) is 5. The Morgan fingerprint density at radius 1 is 1.17 bits per heavy atom. The second kappa shape index (κ2) is 10.7. The molecule has 140 valence electrons. The second-order valence-corrected chi connectivity index (χ2v) is 7.71. The lowest BCUT2D eigenvalue weighted by Crippen LogP contribution is -2.51. The third-order valence-electron chi connectivity index (χ3n) is 3.57. The first kappa shape index (κ1) is 20.9. The molecule has 0 saturated carbocycles. The van der Waals surface area contributed by atoms with Gasteiger partial charge in [-0.15, -0.1) is 0 Å². The van der Waals surface area contributed by atoms with Gasteiger partial charge in [0.15, 0.2) is 5.96 Å². The van der Waals surface area contributed by atoms with E-state index in [0.29, 0.717) is 0 Å². The highest BCUT2D eigenvalue weighted by atomic mass is 32.2. The van der Waals surface area contributed by atoms with Gasteiger partial charge in [-0.1, -0.05) is 0 Å². The molecular weight excluding hydrogens is 326 g/mol. The molecule has 0 aromatic rings. The number of thioether (sulfide) groups is 1. The van der Waals surface area contributed by atoms with Gasteiger partial charge in [-0.25, -0.2) is 4.79 Å². The minimum atomic E-state index is -0.433. The van der Waals surface area contributed by atoms with Crippen molar-refractivity contribution in [1.82, 2.24) is 20.4 Å². The highest BCUT2D eigenvalue weighted by molar-refractivity contribution is 7.98. The molecule has 1 aliphatic heterocycles. The number of nitrogens with one attached hydrogen (secondary N) is 2. The number of piperazine rings is 1. The Labute approximate surface area is 150 Å². The number of guanidine groups is 1. The molecule has 1 aliphatic rings. The van der Waals surface area contributed by atoms with Crippen LogP contribution in [0, 0.1) is 0 Å². The average Bonchev–Trinajstić information content (AvgIpc) is 2.52. The van der Waals surface area contributed by atoms with Crippen molar-refractivity contribution < 1.29 is 9.53 Å². The zero-order valence-electron chi connectivity index (χ0n) is 15.7. The highest BCUT2D eigenvalue weighted by Gasteiger charge is 2.25. The van der Waals surface area contributed by atoms with Crippen molar-refractivity contribution in [2.24, 2.45) is 4.99 Å². The van der Waals surface area contributed by atoms with E-state index in [9.17, 15) is 4.79 Å². The monoisotopic (exact) mass is 359 g/mol. The summed E-state index contributed by atoms with van der Waals surface area (Å²) in [5.74, 6) is 1.91. The topological polar surface area (TPSA) is 69.2 Å². The molecule has 0 bridgehead atoms. The number of hydrogen-bond donors (Lipinski definition) is 2. The van der Waals surface area contributed by atoms with Crippen LogP contribution in [0.3, 0.4) is 0 Å². The van der Waals surface area contributed by atoms with Crippen molar-refractivity contribution in [3.05, 3.63) is 0 Å². The average molecular weight is 360 g/mol. The maximum Gasteiger partial charge on any atom is 0.410 e. The van der Waals surface area contributed by atoms with Crippen molar-refractivity contribution >= 4 is 23.8 Å². The summed E-state index contributed by atoms with van der Waals surface area (Å²) in [5, 5.41) is 6.61. The number of nitrogens with zero attached hydrogens (tertiary/aromatic N) is 3. The van der Waals surface area contributed by atoms with Crippen molar-refractivity contribution in [3.8, 4) is 0 Å². The molecule has 0 aromatic carbocycles. The van der Waals surface area contributed by atoms with Gasteiger partial charge in [0.25, 0.3) is 0 Å². The second-order valence-electron chi connectivity index (χ2n) is 6.73. The molecule has 0 aromatic heterocycles. The molecular formula is C16H33N5O2S. The van der Waals surface area contributed by atoms with Gasteiger partial charge >= 0.3 is 6.09 Å². The molecule has 7 nitrogen and oxygen atoms in total. The van der Waals surface area contributed by atoms with E-state index in [2.05, 4.69) is 26.8 Å². The first-order valence-corrected chi connectivity index (χ1v) is 9.89. The molecule has 0 unspecified atom stereocenters.